The molecule has 0 bridgehead atoms. The number of carbonyl (C=O) groups excluding carboxylic acids is 1. The van der Waals surface area contributed by atoms with Crippen molar-refractivity contribution in [1.82, 2.24) is 0 Å². The van der Waals surface area contributed by atoms with Gasteiger partial charge in [0.15, 0.2) is 6.21 Å². The van der Waals surface area contributed by atoms with Crippen molar-refractivity contribution in [3.8, 4) is 0 Å². The second kappa shape index (κ2) is 4.11. The lowest BCUT2D eigenvalue weighted by Gasteiger charge is -1.86. The summed E-state index contributed by atoms with van der Waals surface area (Å²) in [7, 11) is 2.61. The van der Waals surface area contributed by atoms with E-state index in [0.717, 1.165) is 6.21 Å². The smallest absolute Gasteiger partial charge is 0.352 e. The van der Waals surface area contributed by atoms with Crippen LogP contribution in [0.1, 0.15) is 0 Å². The standard InChI is InChI=1S/C4H7NO3/c1-7-4(6)3-5-8-2/h3H,1-2H3/b5-3-. The van der Waals surface area contributed by atoms with Crippen LogP contribution >= 0.6 is 0 Å². The van der Waals surface area contributed by atoms with E-state index in [1.54, 1.807) is 0 Å². The van der Waals surface area contributed by atoms with Crippen LogP contribution in [0.25, 0.3) is 0 Å². The maximum absolute atomic E-state index is 10.1. The second-order valence-electron chi connectivity index (χ2n) is 0.940. The fourth-order valence-electron chi connectivity index (χ4n) is 0.148. The zero-order valence-electron chi connectivity index (χ0n) is 4.75. The molecule has 0 atom stereocenters. The third kappa shape index (κ3) is 3.14. The molecule has 46 valence electrons. The quantitative estimate of drug-likeness (QED) is 0.285. The highest BCUT2D eigenvalue weighted by atomic mass is 16.6. The van der Waals surface area contributed by atoms with Crippen molar-refractivity contribution in [3.63, 3.8) is 0 Å². The van der Waals surface area contributed by atoms with Crippen LogP contribution in [0.2, 0.25) is 0 Å². The molecule has 0 rings (SSSR count). The molecular weight excluding hydrogens is 110 g/mol. The van der Waals surface area contributed by atoms with E-state index in [-0.39, 0.29) is 0 Å². The lowest BCUT2D eigenvalue weighted by atomic mass is 10.8. The van der Waals surface area contributed by atoms with Crippen molar-refractivity contribution in [2.75, 3.05) is 14.2 Å². The molecule has 0 fully saturated rings. The Labute approximate surface area is 47.1 Å². The molecule has 0 unspecified atom stereocenters. The first kappa shape index (κ1) is 6.94. The number of nitrogens with zero attached hydrogens (tertiary/aromatic N) is 1. The van der Waals surface area contributed by atoms with E-state index >= 15 is 0 Å². The summed E-state index contributed by atoms with van der Waals surface area (Å²) in [6.07, 6.45) is 0.944. The summed E-state index contributed by atoms with van der Waals surface area (Å²) in [4.78, 5) is 14.3. The molecule has 0 aromatic heterocycles. The normalized spacial score (nSPS) is 9.25. The van der Waals surface area contributed by atoms with Gasteiger partial charge in [-0.25, -0.2) is 4.79 Å². The van der Waals surface area contributed by atoms with Gasteiger partial charge in [-0.2, -0.15) is 0 Å². The first-order valence-corrected chi connectivity index (χ1v) is 1.95. The lowest BCUT2D eigenvalue weighted by Crippen LogP contribution is -2.00. The van der Waals surface area contributed by atoms with Gasteiger partial charge in [-0.05, 0) is 0 Å². The van der Waals surface area contributed by atoms with Crippen LogP contribution in [0.5, 0.6) is 0 Å². The Morgan fingerprint density at radius 2 is 2.25 bits per heavy atom. The van der Waals surface area contributed by atoms with Gasteiger partial charge in [-0.15, -0.1) is 0 Å². The Bertz CT molecular complexity index is 99.5. The van der Waals surface area contributed by atoms with Crippen molar-refractivity contribution >= 4 is 12.2 Å². The van der Waals surface area contributed by atoms with E-state index in [1.807, 2.05) is 0 Å². The van der Waals surface area contributed by atoms with Gasteiger partial charge in [0.1, 0.15) is 7.11 Å². The van der Waals surface area contributed by atoms with Crippen molar-refractivity contribution in [1.29, 1.82) is 0 Å². The van der Waals surface area contributed by atoms with E-state index in [0.29, 0.717) is 0 Å². The van der Waals surface area contributed by atoms with Crippen molar-refractivity contribution in [3.05, 3.63) is 0 Å². The fourth-order valence-corrected chi connectivity index (χ4v) is 0.148. The molecule has 0 aliphatic carbocycles. The van der Waals surface area contributed by atoms with Crippen LogP contribution in [0.4, 0.5) is 0 Å². The third-order valence-electron chi connectivity index (χ3n) is 0.465. The zero-order valence-corrected chi connectivity index (χ0v) is 4.75. The lowest BCUT2D eigenvalue weighted by molar-refractivity contribution is -0.132. The molecule has 0 saturated heterocycles. The van der Waals surface area contributed by atoms with E-state index in [4.69, 9.17) is 0 Å². The predicted octanol–water partition coefficient (Wildman–Crippen LogP) is -0.208. The predicted molar refractivity (Wildman–Crippen MR) is 27.5 cm³/mol. The Morgan fingerprint density at radius 1 is 1.62 bits per heavy atom. The summed E-state index contributed by atoms with van der Waals surface area (Å²) in [5.74, 6) is -0.521. The monoisotopic (exact) mass is 117 g/mol. The van der Waals surface area contributed by atoms with Gasteiger partial charge in [0.05, 0.1) is 7.11 Å². The Balaban J connectivity index is 3.37. The zero-order chi connectivity index (χ0) is 6.41. The van der Waals surface area contributed by atoms with Gasteiger partial charge in [0, 0.05) is 0 Å². The minimum Gasteiger partial charge on any atom is -0.465 e. The molecule has 0 aliphatic heterocycles. The summed E-state index contributed by atoms with van der Waals surface area (Å²) in [6, 6.07) is 0. The van der Waals surface area contributed by atoms with Crippen LogP contribution in [0.3, 0.4) is 0 Å². The van der Waals surface area contributed by atoms with Gasteiger partial charge in [0.2, 0.25) is 0 Å². The SMILES string of the molecule is CO/N=C\C(=O)OC. The van der Waals surface area contributed by atoms with Gasteiger partial charge in [0.25, 0.3) is 0 Å². The third-order valence-corrected chi connectivity index (χ3v) is 0.465. The number of hydrogen-bond donors (Lipinski definition) is 0. The molecule has 0 N–H and O–H groups in total. The summed E-state index contributed by atoms with van der Waals surface area (Å²) < 4.78 is 4.18. The number of hydrogen-bond acceptors (Lipinski definition) is 4. The number of carbonyl (C=O) groups is 1. The van der Waals surface area contributed by atoms with E-state index in [2.05, 4.69) is 14.7 Å². The highest BCUT2D eigenvalue weighted by Gasteiger charge is 1.88. The molecule has 0 spiro atoms. The summed E-state index contributed by atoms with van der Waals surface area (Å²) in [5.41, 5.74) is 0. The second-order valence-corrected chi connectivity index (χ2v) is 0.940. The largest absolute Gasteiger partial charge is 0.465 e. The Hall–Kier alpha value is -1.06. The van der Waals surface area contributed by atoms with Crippen LogP contribution in [-0.4, -0.2) is 26.4 Å². The van der Waals surface area contributed by atoms with Crippen molar-refractivity contribution < 1.29 is 14.4 Å². The highest BCUT2D eigenvalue weighted by molar-refractivity contribution is 6.22. The maximum Gasteiger partial charge on any atom is 0.352 e. The maximum atomic E-state index is 10.1. The van der Waals surface area contributed by atoms with Crippen molar-refractivity contribution in [2.24, 2.45) is 5.16 Å². The molecule has 4 heteroatoms. The van der Waals surface area contributed by atoms with E-state index in [1.165, 1.54) is 14.2 Å². The average molecular weight is 117 g/mol. The van der Waals surface area contributed by atoms with Crippen LogP contribution in [0, 0.1) is 0 Å². The molecule has 0 radical (unpaired) electrons. The van der Waals surface area contributed by atoms with Gasteiger partial charge in [-0.1, -0.05) is 5.16 Å². The van der Waals surface area contributed by atoms with Crippen molar-refractivity contribution in [2.45, 2.75) is 0 Å². The molecule has 4 nitrogen and oxygen atoms in total. The molecule has 0 aromatic rings. The summed E-state index contributed by atoms with van der Waals surface area (Å²) >= 11 is 0. The molecule has 0 aliphatic rings. The van der Waals surface area contributed by atoms with E-state index in [9.17, 15) is 4.79 Å². The Morgan fingerprint density at radius 3 is 2.62 bits per heavy atom. The molecule has 8 heavy (non-hydrogen) atoms. The van der Waals surface area contributed by atoms with Crippen LogP contribution < -0.4 is 0 Å². The van der Waals surface area contributed by atoms with Gasteiger partial charge in [-0.3, -0.25) is 0 Å². The van der Waals surface area contributed by atoms with Crippen LogP contribution in [-0.2, 0) is 14.4 Å². The highest BCUT2D eigenvalue weighted by Crippen LogP contribution is 1.67. The topological polar surface area (TPSA) is 47.9 Å². The average Bonchev–Trinajstić information content (AvgIpc) is 1.83. The molecule has 0 aromatic carbocycles. The molecular formula is C4H7NO3. The first-order valence-electron chi connectivity index (χ1n) is 1.95. The molecule has 0 saturated carbocycles. The molecule has 0 amide bonds. The van der Waals surface area contributed by atoms with E-state index < -0.39 is 5.97 Å². The number of esters is 1. The van der Waals surface area contributed by atoms with Crippen LogP contribution in [0.15, 0.2) is 5.16 Å². The van der Waals surface area contributed by atoms with Gasteiger partial charge >= 0.3 is 5.97 Å². The number of oxime groups is 1. The first-order chi connectivity index (χ1) is 3.81. The molecule has 0 heterocycles. The summed E-state index contributed by atoms with van der Waals surface area (Å²) in [6.45, 7) is 0. The summed E-state index contributed by atoms with van der Waals surface area (Å²) in [5, 5.41) is 3.14. The van der Waals surface area contributed by atoms with Gasteiger partial charge < -0.3 is 9.57 Å². The number of rotatable bonds is 2. The Kier molecular flexibility index (Phi) is 3.56. The minimum absolute atomic E-state index is 0.521. The fraction of sp³-hybridized carbons (Fsp3) is 0.500. The minimum atomic E-state index is -0.521. The number of methoxy groups -OCH3 is 1. The number of ether oxygens (including phenoxy) is 1.